The van der Waals surface area contributed by atoms with Crippen LogP contribution in [0.2, 0.25) is 0 Å². The van der Waals surface area contributed by atoms with Gasteiger partial charge >= 0.3 is 0 Å². The fourth-order valence-electron chi connectivity index (χ4n) is 2.40. The molecule has 0 spiro atoms. The first-order chi connectivity index (χ1) is 7.79. The molecule has 1 aliphatic rings. The molecule has 3 nitrogen and oxygen atoms in total. The van der Waals surface area contributed by atoms with Crippen molar-refractivity contribution < 1.29 is 0 Å². The highest BCUT2D eigenvalue weighted by Gasteiger charge is 2.18. The molecule has 90 valence electrons. The minimum Gasteiger partial charge on any atom is -0.346 e. The van der Waals surface area contributed by atoms with Crippen molar-refractivity contribution in [3.05, 3.63) is 17.2 Å². The third-order valence-corrected chi connectivity index (χ3v) is 3.40. The number of hydrogen-bond donors (Lipinski definition) is 2. The van der Waals surface area contributed by atoms with Gasteiger partial charge < -0.3 is 10.7 Å². The highest BCUT2D eigenvalue weighted by atomic mass is 14.9. The third-order valence-electron chi connectivity index (χ3n) is 3.40. The molecular formula is C13H23N3. The van der Waals surface area contributed by atoms with Crippen LogP contribution in [-0.4, -0.2) is 16.0 Å². The van der Waals surface area contributed by atoms with E-state index >= 15 is 0 Å². The normalized spacial score (nSPS) is 19.8. The first-order valence-electron chi connectivity index (χ1n) is 6.61. The van der Waals surface area contributed by atoms with Gasteiger partial charge in [0, 0.05) is 24.6 Å². The van der Waals surface area contributed by atoms with Gasteiger partial charge in [0.05, 0.1) is 5.69 Å². The smallest absolute Gasteiger partial charge is 0.106 e. The summed E-state index contributed by atoms with van der Waals surface area (Å²) in [5.41, 5.74) is 8.52. The molecule has 16 heavy (non-hydrogen) atoms. The van der Waals surface area contributed by atoms with E-state index in [9.17, 15) is 0 Å². The number of fused-ring (bicyclic) bond motifs is 1. The maximum Gasteiger partial charge on any atom is 0.106 e. The lowest BCUT2D eigenvalue weighted by Gasteiger charge is -2.15. The zero-order valence-electron chi connectivity index (χ0n) is 10.3. The van der Waals surface area contributed by atoms with E-state index in [2.05, 4.69) is 16.9 Å². The van der Waals surface area contributed by atoms with Gasteiger partial charge in [-0.15, -0.1) is 0 Å². The summed E-state index contributed by atoms with van der Waals surface area (Å²) in [5.74, 6) is 1.18. The van der Waals surface area contributed by atoms with Crippen molar-refractivity contribution in [1.82, 2.24) is 9.97 Å². The second-order valence-electron chi connectivity index (χ2n) is 4.92. The highest BCUT2D eigenvalue weighted by Crippen LogP contribution is 2.19. The molecule has 2 rings (SSSR count). The number of unbranched alkanes of at least 4 members (excludes halogenated alkanes) is 3. The van der Waals surface area contributed by atoms with E-state index in [1.807, 2.05) is 0 Å². The van der Waals surface area contributed by atoms with Crippen LogP contribution in [0.4, 0.5) is 0 Å². The lowest BCUT2D eigenvalue weighted by Crippen LogP contribution is -2.27. The molecule has 1 aromatic rings. The van der Waals surface area contributed by atoms with Gasteiger partial charge in [-0.25, -0.2) is 4.98 Å². The van der Waals surface area contributed by atoms with E-state index < -0.39 is 0 Å². The number of H-pyrrole nitrogens is 1. The van der Waals surface area contributed by atoms with Crippen LogP contribution in [0.25, 0.3) is 0 Å². The molecule has 1 aromatic heterocycles. The van der Waals surface area contributed by atoms with Crippen LogP contribution >= 0.6 is 0 Å². The van der Waals surface area contributed by atoms with Crippen molar-refractivity contribution >= 4 is 0 Å². The maximum atomic E-state index is 5.95. The molecular weight excluding hydrogens is 198 g/mol. The molecule has 0 saturated heterocycles. The van der Waals surface area contributed by atoms with Gasteiger partial charge in [-0.2, -0.15) is 0 Å². The molecule has 0 amide bonds. The summed E-state index contributed by atoms with van der Waals surface area (Å²) >= 11 is 0. The van der Waals surface area contributed by atoms with Crippen molar-refractivity contribution in [1.29, 1.82) is 0 Å². The SMILES string of the molecule is CCCCCCc1nc2c([nH]1)CC(N)CC2. The van der Waals surface area contributed by atoms with E-state index in [0.29, 0.717) is 6.04 Å². The minimum absolute atomic E-state index is 0.334. The number of nitrogens with two attached hydrogens (primary N) is 1. The minimum atomic E-state index is 0.334. The van der Waals surface area contributed by atoms with Crippen molar-refractivity contribution in [2.45, 2.75) is 64.3 Å². The quantitative estimate of drug-likeness (QED) is 0.750. The Kier molecular flexibility index (Phi) is 3.99. The Morgan fingerprint density at radius 2 is 2.25 bits per heavy atom. The van der Waals surface area contributed by atoms with Crippen LogP contribution in [0, 0.1) is 0 Å². The van der Waals surface area contributed by atoms with Crippen LogP contribution in [-0.2, 0) is 19.3 Å². The van der Waals surface area contributed by atoms with Crippen LogP contribution in [0.15, 0.2) is 0 Å². The number of nitrogens with one attached hydrogen (secondary N) is 1. The first kappa shape index (κ1) is 11.6. The summed E-state index contributed by atoms with van der Waals surface area (Å²) in [6.07, 6.45) is 9.44. The van der Waals surface area contributed by atoms with Crippen LogP contribution in [0.1, 0.15) is 56.2 Å². The summed E-state index contributed by atoms with van der Waals surface area (Å²) in [6.45, 7) is 2.24. The van der Waals surface area contributed by atoms with Crippen molar-refractivity contribution in [3.8, 4) is 0 Å². The van der Waals surface area contributed by atoms with Crippen LogP contribution in [0.5, 0.6) is 0 Å². The zero-order valence-corrected chi connectivity index (χ0v) is 10.3. The second kappa shape index (κ2) is 5.48. The highest BCUT2D eigenvalue weighted by molar-refractivity contribution is 5.19. The van der Waals surface area contributed by atoms with E-state index in [0.717, 1.165) is 25.7 Å². The molecule has 1 heterocycles. The Hall–Kier alpha value is -0.830. The Labute approximate surface area is 97.8 Å². The molecule has 0 bridgehead atoms. The number of rotatable bonds is 5. The Balaban J connectivity index is 1.87. The van der Waals surface area contributed by atoms with Crippen LogP contribution < -0.4 is 5.73 Å². The third kappa shape index (κ3) is 2.85. The molecule has 1 unspecified atom stereocenters. The second-order valence-corrected chi connectivity index (χ2v) is 4.92. The number of aromatic nitrogens is 2. The fourth-order valence-corrected chi connectivity index (χ4v) is 2.40. The van der Waals surface area contributed by atoms with E-state index in [1.54, 1.807) is 0 Å². The summed E-state index contributed by atoms with van der Waals surface area (Å²) in [4.78, 5) is 8.12. The molecule has 0 aliphatic heterocycles. The molecule has 1 atom stereocenters. The molecule has 0 radical (unpaired) electrons. The van der Waals surface area contributed by atoms with E-state index in [-0.39, 0.29) is 0 Å². The predicted molar refractivity (Wildman–Crippen MR) is 66.4 cm³/mol. The van der Waals surface area contributed by atoms with Gasteiger partial charge in [0.1, 0.15) is 5.82 Å². The standard InChI is InChI=1S/C13H23N3/c1-2-3-4-5-6-13-15-11-8-7-10(14)9-12(11)16-13/h10H,2-9,14H2,1H3,(H,15,16). The van der Waals surface area contributed by atoms with Gasteiger partial charge in [0.2, 0.25) is 0 Å². The molecule has 1 aliphatic carbocycles. The Morgan fingerprint density at radius 3 is 3.06 bits per heavy atom. The van der Waals surface area contributed by atoms with Gasteiger partial charge in [-0.1, -0.05) is 26.2 Å². The number of nitrogens with zero attached hydrogens (tertiary/aromatic N) is 1. The summed E-state index contributed by atoms with van der Waals surface area (Å²) in [5, 5.41) is 0. The number of aryl methyl sites for hydroxylation is 2. The summed E-state index contributed by atoms with van der Waals surface area (Å²) in [7, 11) is 0. The average molecular weight is 221 g/mol. The number of hydrogen-bond acceptors (Lipinski definition) is 2. The van der Waals surface area contributed by atoms with E-state index in [4.69, 9.17) is 5.73 Å². The monoisotopic (exact) mass is 221 g/mol. The van der Waals surface area contributed by atoms with Crippen LogP contribution in [0.3, 0.4) is 0 Å². The Bertz CT molecular complexity index is 330. The lowest BCUT2D eigenvalue weighted by molar-refractivity contribution is 0.565. The van der Waals surface area contributed by atoms with Gasteiger partial charge in [0.25, 0.3) is 0 Å². The zero-order chi connectivity index (χ0) is 11.4. The molecule has 3 heteroatoms. The average Bonchev–Trinajstić information content (AvgIpc) is 2.66. The van der Waals surface area contributed by atoms with Crippen molar-refractivity contribution in [2.75, 3.05) is 0 Å². The maximum absolute atomic E-state index is 5.95. The summed E-state index contributed by atoms with van der Waals surface area (Å²) in [6, 6.07) is 0.334. The largest absolute Gasteiger partial charge is 0.346 e. The van der Waals surface area contributed by atoms with E-state index in [1.165, 1.54) is 42.9 Å². The fraction of sp³-hybridized carbons (Fsp3) is 0.769. The first-order valence-corrected chi connectivity index (χ1v) is 6.61. The number of imidazole rings is 1. The Morgan fingerprint density at radius 1 is 1.38 bits per heavy atom. The molecule has 0 saturated carbocycles. The van der Waals surface area contributed by atoms with Crippen molar-refractivity contribution in [2.24, 2.45) is 5.73 Å². The van der Waals surface area contributed by atoms with Gasteiger partial charge in [-0.3, -0.25) is 0 Å². The lowest BCUT2D eigenvalue weighted by atomic mass is 9.97. The molecule has 0 aromatic carbocycles. The topological polar surface area (TPSA) is 54.7 Å². The van der Waals surface area contributed by atoms with Crippen molar-refractivity contribution in [3.63, 3.8) is 0 Å². The number of aromatic amines is 1. The van der Waals surface area contributed by atoms with Gasteiger partial charge in [-0.05, 0) is 19.3 Å². The van der Waals surface area contributed by atoms with Gasteiger partial charge in [0.15, 0.2) is 0 Å². The summed E-state index contributed by atoms with van der Waals surface area (Å²) < 4.78 is 0. The predicted octanol–water partition coefficient (Wildman–Crippen LogP) is 2.35. The molecule has 0 fully saturated rings. The molecule has 3 N–H and O–H groups in total.